The van der Waals surface area contributed by atoms with E-state index in [0.29, 0.717) is 11.6 Å². The lowest BCUT2D eigenvalue weighted by molar-refractivity contribution is 0.200. The molecular formula is C11H14ClNO. The Bertz CT molecular complexity index is 349. The highest BCUT2D eigenvalue weighted by molar-refractivity contribution is 6.30. The van der Waals surface area contributed by atoms with Gasteiger partial charge < -0.3 is 10.1 Å². The second-order valence-electron chi connectivity index (χ2n) is 4.45. The molecule has 3 heteroatoms. The highest BCUT2D eigenvalue weighted by Gasteiger charge is 2.23. The monoisotopic (exact) mass is 211 g/mol. The summed E-state index contributed by atoms with van der Waals surface area (Å²) in [6.45, 7) is 5.98. The number of hydrogen-bond donors (Lipinski definition) is 1. The fraction of sp³-hybridized carbons (Fsp3) is 0.455. The van der Waals surface area contributed by atoms with E-state index in [0.717, 1.165) is 18.0 Å². The third kappa shape index (κ3) is 1.95. The molecule has 1 aromatic carbocycles. The number of ether oxygens (including phenoxy) is 1. The molecule has 0 saturated carbocycles. The Kier molecular flexibility index (Phi) is 2.31. The summed E-state index contributed by atoms with van der Waals surface area (Å²) in [5.74, 6) is 0.850. The molecule has 0 unspecified atom stereocenters. The molecule has 2 nitrogen and oxygen atoms in total. The standard InChI is InChI=1S/C11H14ClNO/c1-11(2)6-13-9-4-3-8(12)5-10(9)14-7-11/h3-5,13H,6-7H2,1-2H3. The summed E-state index contributed by atoms with van der Waals surface area (Å²) in [5, 5.41) is 4.07. The van der Waals surface area contributed by atoms with Gasteiger partial charge in [-0.15, -0.1) is 0 Å². The Morgan fingerprint density at radius 3 is 3.00 bits per heavy atom. The van der Waals surface area contributed by atoms with Crippen molar-refractivity contribution in [3.63, 3.8) is 0 Å². The van der Waals surface area contributed by atoms with E-state index in [1.54, 1.807) is 0 Å². The first-order valence-corrected chi connectivity index (χ1v) is 5.11. The van der Waals surface area contributed by atoms with Gasteiger partial charge in [0.2, 0.25) is 0 Å². The maximum absolute atomic E-state index is 5.89. The molecule has 0 spiro atoms. The van der Waals surface area contributed by atoms with Crippen LogP contribution in [-0.4, -0.2) is 13.2 Å². The van der Waals surface area contributed by atoms with E-state index in [9.17, 15) is 0 Å². The largest absolute Gasteiger partial charge is 0.491 e. The minimum absolute atomic E-state index is 0.158. The molecule has 0 fully saturated rings. The van der Waals surface area contributed by atoms with Crippen molar-refractivity contribution in [3.05, 3.63) is 23.2 Å². The van der Waals surface area contributed by atoms with Crippen LogP contribution in [0.3, 0.4) is 0 Å². The van der Waals surface area contributed by atoms with Gasteiger partial charge >= 0.3 is 0 Å². The van der Waals surface area contributed by atoms with Gasteiger partial charge in [0.1, 0.15) is 5.75 Å². The topological polar surface area (TPSA) is 21.3 Å². The van der Waals surface area contributed by atoms with Gasteiger partial charge in [-0.1, -0.05) is 25.4 Å². The van der Waals surface area contributed by atoms with E-state index in [1.165, 1.54) is 0 Å². The van der Waals surface area contributed by atoms with Crippen molar-refractivity contribution in [1.82, 2.24) is 0 Å². The molecule has 0 aromatic heterocycles. The number of anilines is 1. The molecule has 0 radical (unpaired) electrons. The number of rotatable bonds is 0. The normalized spacial score (nSPS) is 18.8. The molecule has 14 heavy (non-hydrogen) atoms. The van der Waals surface area contributed by atoms with Crippen molar-refractivity contribution in [2.45, 2.75) is 13.8 Å². The molecule has 0 saturated heterocycles. The first-order chi connectivity index (χ1) is 6.57. The zero-order valence-electron chi connectivity index (χ0n) is 8.43. The molecular weight excluding hydrogens is 198 g/mol. The number of benzene rings is 1. The second kappa shape index (κ2) is 3.35. The zero-order valence-corrected chi connectivity index (χ0v) is 9.19. The summed E-state index contributed by atoms with van der Waals surface area (Å²) in [7, 11) is 0. The Morgan fingerprint density at radius 2 is 2.21 bits per heavy atom. The molecule has 0 atom stereocenters. The number of hydrogen-bond acceptors (Lipinski definition) is 2. The van der Waals surface area contributed by atoms with Crippen molar-refractivity contribution in [1.29, 1.82) is 0 Å². The minimum Gasteiger partial charge on any atom is -0.491 e. The van der Waals surface area contributed by atoms with Crippen LogP contribution in [0.25, 0.3) is 0 Å². The lowest BCUT2D eigenvalue weighted by Crippen LogP contribution is -2.27. The molecule has 1 aromatic rings. The average Bonchev–Trinajstić information content (AvgIpc) is 2.26. The first-order valence-electron chi connectivity index (χ1n) is 4.73. The van der Waals surface area contributed by atoms with Gasteiger partial charge in [-0.3, -0.25) is 0 Å². The fourth-order valence-corrected chi connectivity index (χ4v) is 1.58. The lowest BCUT2D eigenvalue weighted by Gasteiger charge is -2.20. The van der Waals surface area contributed by atoms with Crippen LogP contribution < -0.4 is 10.1 Å². The van der Waals surface area contributed by atoms with E-state index < -0.39 is 0 Å². The number of nitrogens with one attached hydrogen (secondary N) is 1. The Hall–Kier alpha value is -0.890. The Balaban J connectivity index is 2.30. The van der Waals surface area contributed by atoms with Gasteiger partial charge in [0.15, 0.2) is 0 Å². The van der Waals surface area contributed by atoms with Crippen LogP contribution in [0.5, 0.6) is 5.75 Å². The first kappa shape index (κ1) is 9.66. The maximum atomic E-state index is 5.89. The highest BCUT2D eigenvalue weighted by Crippen LogP contribution is 2.33. The summed E-state index contributed by atoms with van der Waals surface area (Å²) >= 11 is 5.89. The van der Waals surface area contributed by atoms with Gasteiger partial charge in [-0.2, -0.15) is 0 Å². The number of halogens is 1. The van der Waals surface area contributed by atoms with Gasteiger partial charge in [0, 0.05) is 23.0 Å². The SMILES string of the molecule is CC1(C)CNc2ccc(Cl)cc2OC1. The molecule has 0 bridgehead atoms. The molecule has 76 valence electrons. The van der Waals surface area contributed by atoms with E-state index >= 15 is 0 Å². The van der Waals surface area contributed by atoms with E-state index in [4.69, 9.17) is 16.3 Å². The summed E-state index contributed by atoms with van der Waals surface area (Å²) in [5.41, 5.74) is 1.19. The van der Waals surface area contributed by atoms with Crippen molar-refractivity contribution in [2.24, 2.45) is 5.41 Å². The average molecular weight is 212 g/mol. The minimum atomic E-state index is 0.158. The van der Waals surface area contributed by atoms with Crippen LogP contribution in [0, 0.1) is 5.41 Å². The molecule has 0 amide bonds. The van der Waals surface area contributed by atoms with Gasteiger partial charge in [-0.05, 0) is 12.1 Å². The molecule has 1 aliphatic heterocycles. The lowest BCUT2D eigenvalue weighted by atomic mass is 9.95. The predicted octanol–water partition coefficient (Wildman–Crippen LogP) is 3.17. The fourth-order valence-electron chi connectivity index (χ4n) is 1.42. The van der Waals surface area contributed by atoms with Gasteiger partial charge in [-0.25, -0.2) is 0 Å². The van der Waals surface area contributed by atoms with Gasteiger partial charge in [0.05, 0.1) is 12.3 Å². The Morgan fingerprint density at radius 1 is 1.43 bits per heavy atom. The van der Waals surface area contributed by atoms with E-state index in [2.05, 4.69) is 19.2 Å². The predicted molar refractivity (Wildman–Crippen MR) is 59.2 cm³/mol. The molecule has 1 N–H and O–H groups in total. The third-order valence-corrected chi connectivity index (χ3v) is 2.55. The van der Waals surface area contributed by atoms with E-state index in [-0.39, 0.29) is 5.41 Å². The summed E-state index contributed by atoms with van der Waals surface area (Å²) in [6, 6.07) is 5.68. The highest BCUT2D eigenvalue weighted by atomic mass is 35.5. The van der Waals surface area contributed by atoms with E-state index in [1.807, 2.05) is 18.2 Å². The van der Waals surface area contributed by atoms with Crippen LogP contribution in [0.1, 0.15) is 13.8 Å². The van der Waals surface area contributed by atoms with Crippen LogP contribution in [0.4, 0.5) is 5.69 Å². The quantitative estimate of drug-likeness (QED) is 0.712. The van der Waals surface area contributed by atoms with Crippen molar-refractivity contribution < 1.29 is 4.74 Å². The Labute approximate surface area is 89.2 Å². The molecule has 0 aliphatic carbocycles. The summed E-state index contributed by atoms with van der Waals surface area (Å²) in [6.07, 6.45) is 0. The van der Waals surface area contributed by atoms with Crippen LogP contribution >= 0.6 is 11.6 Å². The van der Waals surface area contributed by atoms with Crippen molar-refractivity contribution in [3.8, 4) is 5.75 Å². The van der Waals surface area contributed by atoms with Crippen molar-refractivity contribution in [2.75, 3.05) is 18.5 Å². The second-order valence-corrected chi connectivity index (χ2v) is 4.88. The van der Waals surface area contributed by atoms with Crippen LogP contribution in [-0.2, 0) is 0 Å². The summed E-state index contributed by atoms with van der Waals surface area (Å²) < 4.78 is 5.70. The molecule has 2 rings (SSSR count). The smallest absolute Gasteiger partial charge is 0.143 e. The third-order valence-electron chi connectivity index (χ3n) is 2.32. The van der Waals surface area contributed by atoms with Crippen LogP contribution in [0.15, 0.2) is 18.2 Å². The van der Waals surface area contributed by atoms with Crippen molar-refractivity contribution >= 4 is 17.3 Å². The zero-order chi connectivity index (χ0) is 10.2. The summed E-state index contributed by atoms with van der Waals surface area (Å²) in [4.78, 5) is 0. The van der Waals surface area contributed by atoms with Crippen LogP contribution in [0.2, 0.25) is 5.02 Å². The van der Waals surface area contributed by atoms with Gasteiger partial charge in [0.25, 0.3) is 0 Å². The molecule has 1 aliphatic rings. The molecule has 1 heterocycles. The number of fused-ring (bicyclic) bond motifs is 1. The maximum Gasteiger partial charge on any atom is 0.143 e.